The van der Waals surface area contributed by atoms with Gasteiger partial charge in [-0.3, -0.25) is 19.3 Å². The maximum atomic E-state index is 14.3. The van der Waals surface area contributed by atoms with E-state index in [9.17, 15) is 34.8 Å². The number of amides is 1. The highest BCUT2D eigenvalue weighted by atomic mass is 32.2. The molecule has 0 bridgehead atoms. The summed E-state index contributed by atoms with van der Waals surface area (Å²) < 4.78 is -0.0249. The summed E-state index contributed by atoms with van der Waals surface area (Å²) in [5.41, 5.74) is 4.25. The van der Waals surface area contributed by atoms with E-state index in [-0.39, 0.29) is 34.5 Å². The Labute approximate surface area is 272 Å². The van der Waals surface area contributed by atoms with Crippen molar-refractivity contribution in [3.63, 3.8) is 0 Å². The van der Waals surface area contributed by atoms with E-state index in [1.807, 2.05) is 43.3 Å². The molecule has 0 aromatic heterocycles. The molecule has 7 N–H and O–H groups in total. The minimum Gasteiger partial charge on any atom is -0.510 e. The van der Waals surface area contributed by atoms with Crippen LogP contribution in [0.15, 0.2) is 57.9 Å². The number of aliphatic hydroxyl groups is 3. The van der Waals surface area contributed by atoms with E-state index in [1.165, 1.54) is 4.90 Å². The number of hydrogen-bond donors (Lipinski definition) is 6. The van der Waals surface area contributed by atoms with Gasteiger partial charge in [0.25, 0.3) is 5.91 Å². The van der Waals surface area contributed by atoms with Gasteiger partial charge in [-0.25, -0.2) is 0 Å². The molecule has 0 saturated carbocycles. The average Bonchev–Trinajstić information content (AvgIpc) is 2.94. The molecule has 2 aromatic carbocycles. The van der Waals surface area contributed by atoms with Crippen molar-refractivity contribution >= 4 is 40.6 Å². The fourth-order valence-electron chi connectivity index (χ4n) is 7.10. The van der Waals surface area contributed by atoms with Crippen LogP contribution >= 0.6 is 11.8 Å². The van der Waals surface area contributed by atoms with Crippen molar-refractivity contribution in [1.29, 1.82) is 0 Å². The van der Waals surface area contributed by atoms with Gasteiger partial charge >= 0.3 is 0 Å². The predicted octanol–water partition coefficient (Wildman–Crippen LogP) is 3.69. The van der Waals surface area contributed by atoms with Crippen LogP contribution in [0.2, 0.25) is 0 Å². The summed E-state index contributed by atoms with van der Waals surface area (Å²) in [6.45, 7) is 6.74. The number of nitrogens with zero attached hydrogens (tertiary/aromatic N) is 2. The number of likely N-dealkylation sites (N-methyl/N-ethyl adjacent to an activating group) is 1. The van der Waals surface area contributed by atoms with Gasteiger partial charge in [-0.2, -0.15) is 0 Å². The number of anilines is 2. The summed E-state index contributed by atoms with van der Waals surface area (Å²) in [7, 11) is 6.86. The number of phenolic OH excluding ortho intramolecular Hbond substituents is 1. The molecule has 3 aliphatic rings. The number of allylic oxidation sites excluding steroid dienone is 1. The highest BCUT2D eigenvalue weighted by Gasteiger charge is 2.63. The number of primary amides is 1. The van der Waals surface area contributed by atoms with Crippen molar-refractivity contribution in [2.75, 3.05) is 38.4 Å². The maximum absolute atomic E-state index is 14.3. The molecule has 11 nitrogen and oxygen atoms in total. The molecule has 3 aliphatic carbocycles. The molecule has 0 saturated heterocycles. The number of rotatable bonds is 7. The smallest absolute Gasteiger partial charge is 0.255 e. The van der Waals surface area contributed by atoms with Crippen LogP contribution in [-0.2, 0) is 22.6 Å². The molecular formula is C34H42N4O7S. The first-order valence-electron chi connectivity index (χ1n) is 15.1. The molecule has 4 atom stereocenters. The van der Waals surface area contributed by atoms with E-state index in [4.69, 9.17) is 5.73 Å². The zero-order valence-electron chi connectivity index (χ0n) is 27.1. The number of aliphatic hydroxyl groups excluding tert-OH is 2. The molecule has 2 aromatic rings. The number of hydrogen-bond acceptors (Lipinski definition) is 11. The summed E-state index contributed by atoms with van der Waals surface area (Å²) in [5.74, 6) is -6.76. The molecule has 246 valence electrons. The number of nitrogens with two attached hydrogens (primary N) is 1. The van der Waals surface area contributed by atoms with Gasteiger partial charge in [0.2, 0.25) is 5.78 Å². The van der Waals surface area contributed by atoms with Gasteiger partial charge in [0.05, 0.1) is 17.3 Å². The number of fused-ring (bicyclic) bond motifs is 3. The number of carbonyl (C=O) groups is 3. The molecule has 0 aliphatic heterocycles. The van der Waals surface area contributed by atoms with Crippen LogP contribution < -0.4 is 16.0 Å². The van der Waals surface area contributed by atoms with Gasteiger partial charge in [-0.05, 0) is 56.1 Å². The second kappa shape index (κ2) is 11.7. The summed E-state index contributed by atoms with van der Waals surface area (Å²) in [5, 5.41) is 49.4. The van der Waals surface area contributed by atoms with Gasteiger partial charge in [0, 0.05) is 47.5 Å². The number of ketones is 2. The lowest BCUT2D eigenvalue weighted by molar-refractivity contribution is -0.148. The maximum Gasteiger partial charge on any atom is 0.255 e. The van der Waals surface area contributed by atoms with E-state index in [2.05, 4.69) is 26.1 Å². The largest absolute Gasteiger partial charge is 0.510 e. The highest BCUT2D eigenvalue weighted by Crippen LogP contribution is 2.54. The lowest BCUT2D eigenvalue weighted by Gasteiger charge is -2.50. The molecule has 0 heterocycles. The number of aromatic hydroxyl groups is 1. The molecule has 0 unspecified atom stereocenters. The van der Waals surface area contributed by atoms with Crippen molar-refractivity contribution in [1.82, 2.24) is 4.90 Å². The lowest BCUT2D eigenvalue weighted by atomic mass is 9.58. The highest BCUT2D eigenvalue weighted by molar-refractivity contribution is 8.00. The van der Waals surface area contributed by atoms with Crippen molar-refractivity contribution in [2.45, 2.75) is 61.4 Å². The van der Waals surface area contributed by atoms with Crippen LogP contribution in [0.5, 0.6) is 5.75 Å². The number of nitrogens with one attached hydrogen (secondary N) is 1. The van der Waals surface area contributed by atoms with Gasteiger partial charge < -0.3 is 36.4 Å². The Morgan fingerprint density at radius 3 is 2.35 bits per heavy atom. The second-order valence-electron chi connectivity index (χ2n) is 13.7. The average molecular weight is 651 g/mol. The van der Waals surface area contributed by atoms with E-state index in [1.54, 1.807) is 31.9 Å². The third-order valence-corrected chi connectivity index (χ3v) is 10.3. The first-order chi connectivity index (χ1) is 21.4. The van der Waals surface area contributed by atoms with E-state index >= 15 is 0 Å². The molecule has 1 amide bonds. The van der Waals surface area contributed by atoms with Crippen molar-refractivity contribution < 1.29 is 34.8 Å². The molecule has 46 heavy (non-hydrogen) atoms. The Hall–Kier alpha value is -4.00. The lowest BCUT2D eigenvalue weighted by Crippen LogP contribution is -2.63. The summed E-state index contributed by atoms with van der Waals surface area (Å²) in [4.78, 5) is 44.6. The van der Waals surface area contributed by atoms with E-state index < -0.39 is 58.0 Å². The normalized spacial score (nSPS) is 24.5. The molecule has 12 heteroatoms. The molecule has 0 fully saturated rings. The Morgan fingerprint density at radius 2 is 1.76 bits per heavy atom. The van der Waals surface area contributed by atoms with Crippen LogP contribution in [0, 0.1) is 11.8 Å². The number of Topliss-reactive ketones (excluding diaryl/α,β-unsaturated/α-hetero) is 2. The topological polar surface area (TPSA) is 177 Å². The minimum atomic E-state index is -2.69. The van der Waals surface area contributed by atoms with Crippen molar-refractivity contribution in [2.24, 2.45) is 17.6 Å². The fraction of sp³-hybridized carbons (Fsp3) is 0.441. The first kappa shape index (κ1) is 33.4. The zero-order valence-corrected chi connectivity index (χ0v) is 28.0. The monoisotopic (exact) mass is 650 g/mol. The fourth-order valence-corrected chi connectivity index (χ4v) is 8.18. The van der Waals surface area contributed by atoms with Gasteiger partial charge in [0.15, 0.2) is 11.4 Å². The van der Waals surface area contributed by atoms with E-state index in [0.29, 0.717) is 23.5 Å². The number of carbonyl (C=O) groups excluding carboxylic acids is 3. The minimum absolute atomic E-state index is 0.0249. The Bertz CT molecular complexity index is 1710. The molecule has 0 radical (unpaired) electrons. The standard InChI is InChI=1S/C34H42N4O7S/c1-33(2,3)46-22-11-9-8-10-16(22)15-36-20-14-21(37(4)5)18-12-17-13-19-26(38(6)7)29(41)25(32(35)44)31(43)34(19,45)30(42)23(17)28(40)24(18)27(20)39/h8-11,14,17,19,26,36,39,41-42,45H,12-13,15H2,1-7H3,(H2,35,44)/t17-,19-,26-,34+/m0/s1. The van der Waals surface area contributed by atoms with Crippen LogP contribution in [-0.4, -0.2) is 87.4 Å². The third-order valence-electron chi connectivity index (χ3n) is 9.04. The van der Waals surface area contributed by atoms with Crippen LogP contribution in [0.3, 0.4) is 0 Å². The third kappa shape index (κ3) is 5.31. The van der Waals surface area contributed by atoms with Crippen molar-refractivity contribution in [3.05, 3.63) is 69.7 Å². The van der Waals surface area contributed by atoms with Crippen LogP contribution in [0.1, 0.15) is 48.7 Å². The summed E-state index contributed by atoms with van der Waals surface area (Å²) in [6.07, 6.45) is 0.239. The Balaban J connectivity index is 1.61. The summed E-state index contributed by atoms with van der Waals surface area (Å²) >= 11 is 1.72. The Morgan fingerprint density at radius 1 is 1.11 bits per heavy atom. The zero-order chi connectivity index (χ0) is 34.0. The Kier molecular flexibility index (Phi) is 8.46. The number of thioether (sulfide) groups is 1. The number of phenols is 1. The summed E-state index contributed by atoms with van der Waals surface area (Å²) in [6, 6.07) is 8.69. The van der Waals surface area contributed by atoms with Crippen LogP contribution in [0.25, 0.3) is 0 Å². The molecule has 5 rings (SSSR count). The van der Waals surface area contributed by atoms with Crippen molar-refractivity contribution in [3.8, 4) is 5.75 Å². The van der Waals surface area contributed by atoms with Gasteiger partial charge in [0.1, 0.15) is 22.8 Å². The SMILES string of the molecule is CN(C)c1cc(NCc2ccccc2SC(C)(C)C)c(O)c2c1C[C@H]1C[C@H]3[C@H](N(C)C)C(O)=C(C(N)=O)C(=O)[C@]3(O)C(O)=C1C2=O. The molecular weight excluding hydrogens is 608 g/mol. The molecule has 0 spiro atoms. The van der Waals surface area contributed by atoms with Crippen LogP contribution in [0.4, 0.5) is 11.4 Å². The quantitative estimate of drug-likeness (QED) is 0.146. The van der Waals surface area contributed by atoms with Gasteiger partial charge in [-0.1, -0.05) is 39.0 Å². The van der Waals surface area contributed by atoms with Gasteiger partial charge in [-0.15, -0.1) is 11.8 Å². The predicted molar refractivity (Wildman–Crippen MR) is 177 cm³/mol. The number of benzene rings is 2. The first-order valence-corrected chi connectivity index (χ1v) is 15.9. The van der Waals surface area contributed by atoms with E-state index in [0.717, 1.165) is 10.5 Å². The second-order valence-corrected chi connectivity index (χ2v) is 15.5.